The zero-order valence-electron chi connectivity index (χ0n) is 30.9. The molecule has 45 heavy (non-hydrogen) atoms. The van der Waals surface area contributed by atoms with Gasteiger partial charge in [0, 0.05) is 21.7 Å². The van der Waals surface area contributed by atoms with Gasteiger partial charge >= 0.3 is 0 Å². The van der Waals surface area contributed by atoms with Gasteiger partial charge in [0.05, 0.1) is 9.60 Å². The summed E-state index contributed by atoms with van der Waals surface area (Å²) in [5.74, 6) is 0. The molecule has 0 aliphatic carbocycles. The van der Waals surface area contributed by atoms with Gasteiger partial charge in [-0.1, -0.05) is 145 Å². The molecular weight excluding hydrogens is 544 g/mol. The first-order chi connectivity index (χ1) is 25.3. The summed E-state index contributed by atoms with van der Waals surface area (Å²) in [7, 11) is 0. The molecule has 0 aliphatic rings. The van der Waals surface area contributed by atoms with Crippen molar-refractivity contribution in [1.29, 1.82) is 0 Å². The molecule has 1 nitrogen and oxygen atoms in total. The maximum Gasteiger partial charge on any atom is 0.143 e. The monoisotopic (exact) mass is 577 g/mol. The maximum absolute atomic E-state index is 9.29. The molecule has 0 saturated heterocycles. The molecule has 0 fully saturated rings. The van der Waals surface area contributed by atoms with Gasteiger partial charge in [0.1, 0.15) is 11.2 Å². The van der Waals surface area contributed by atoms with Crippen LogP contribution >= 0.6 is 0 Å². The SMILES string of the molecule is [2H]c1c([2H])c([2H])c2c(-c3c4ccccc4c(-c4c5ccccc5cc5oc6c7ccccc7ccc6c45)c4ccccc34)c([2H])c([2H])c([2H])c2c1[2H]. The fraction of sp³-hybridized carbons (Fsp3) is 0. The molecule has 10 aromatic rings. The van der Waals surface area contributed by atoms with Crippen LogP contribution in [-0.2, 0) is 0 Å². The predicted molar refractivity (Wildman–Crippen MR) is 192 cm³/mol. The van der Waals surface area contributed by atoms with Crippen LogP contribution in [0.1, 0.15) is 9.60 Å². The maximum atomic E-state index is 9.29. The van der Waals surface area contributed by atoms with Crippen LogP contribution in [0.2, 0.25) is 0 Å². The van der Waals surface area contributed by atoms with Crippen molar-refractivity contribution >= 4 is 75.8 Å². The van der Waals surface area contributed by atoms with E-state index in [1.54, 1.807) is 0 Å². The van der Waals surface area contributed by atoms with E-state index in [1.807, 2.05) is 72.8 Å². The van der Waals surface area contributed by atoms with Crippen LogP contribution < -0.4 is 0 Å². The number of rotatable bonds is 2. The molecule has 0 atom stereocenters. The van der Waals surface area contributed by atoms with Crippen LogP contribution in [0.25, 0.3) is 98.1 Å². The molecule has 0 saturated carbocycles. The van der Waals surface area contributed by atoms with E-state index in [-0.39, 0.29) is 28.4 Å². The van der Waals surface area contributed by atoms with Crippen molar-refractivity contribution in [2.24, 2.45) is 0 Å². The lowest BCUT2D eigenvalue weighted by atomic mass is 9.82. The zero-order valence-corrected chi connectivity index (χ0v) is 23.9. The highest BCUT2D eigenvalue weighted by molar-refractivity contribution is 6.31. The molecule has 10 rings (SSSR count). The van der Waals surface area contributed by atoms with Crippen LogP contribution in [0.5, 0.6) is 0 Å². The molecule has 0 bridgehead atoms. The van der Waals surface area contributed by atoms with Crippen molar-refractivity contribution in [3.63, 3.8) is 0 Å². The second-order valence-corrected chi connectivity index (χ2v) is 11.5. The van der Waals surface area contributed by atoms with Crippen molar-refractivity contribution in [2.45, 2.75) is 0 Å². The first kappa shape index (κ1) is 18.7. The Morgan fingerprint density at radius 1 is 0.400 bits per heavy atom. The number of hydrogen-bond acceptors (Lipinski definition) is 1. The van der Waals surface area contributed by atoms with Crippen LogP contribution in [-0.4, -0.2) is 0 Å². The van der Waals surface area contributed by atoms with E-state index in [4.69, 9.17) is 12.6 Å². The Morgan fingerprint density at radius 2 is 1.00 bits per heavy atom. The van der Waals surface area contributed by atoms with E-state index in [9.17, 15) is 1.37 Å². The van der Waals surface area contributed by atoms with Gasteiger partial charge in [-0.3, -0.25) is 0 Å². The Labute approximate surface area is 269 Å². The normalized spacial score (nSPS) is 14.2. The Bertz CT molecular complexity index is 3150. The van der Waals surface area contributed by atoms with Gasteiger partial charge in [0.2, 0.25) is 0 Å². The Balaban J connectivity index is 1.46. The highest BCUT2D eigenvalue weighted by Crippen LogP contribution is 2.50. The third-order valence-corrected chi connectivity index (χ3v) is 9.12. The van der Waals surface area contributed by atoms with E-state index in [1.165, 1.54) is 0 Å². The summed E-state index contributed by atoms with van der Waals surface area (Å²) in [5.41, 5.74) is 4.34. The average molecular weight is 578 g/mol. The fourth-order valence-corrected chi connectivity index (χ4v) is 7.26. The summed E-state index contributed by atoms with van der Waals surface area (Å²) in [6.07, 6.45) is 0. The molecule has 1 heteroatoms. The molecule has 1 heterocycles. The van der Waals surface area contributed by atoms with E-state index in [0.717, 1.165) is 76.2 Å². The Hall–Kier alpha value is -5.92. The first-order valence-corrected chi connectivity index (χ1v) is 15.0. The predicted octanol–water partition coefficient (Wildman–Crippen LogP) is 12.7. The highest BCUT2D eigenvalue weighted by atomic mass is 16.3. The van der Waals surface area contributed by atoms with E-state index in [2.05, 4.69) is 42.5 Å². The van der Waals surface area contributed by atoms with Crippen LogP contribution in [0.3, 0.4) is 0 Å². The molecular formula is C44H26O. The highest BCUT2D eigenvalue weighted by Gasteiger charge is 2.23. The van der Waals surface area contributed by atoms with Gasteiger partial charge in [-0.25, -0.2) is 0 Å². The topological polar surface area (TPSA) is 13.1 Å². The summed E-state index contributed by atoms with van der Waals surface area (Å²) >= 11 is 0. The minimum absolute atomic E-state index is 0.0629. The van der Waals surface area contributed by atoms with Crippen molar-refractivity contribution < 1.29 is 14.0 Å². The van der Waals surface area contributed by atoms with Crippen LogP contribution in [0.15, 0.2) is 162 Å². The quantitative estimate of drug-likeness (QED) is 0.186. The molecule has 0 radical (unpaired) electrons. The molecule has 0 aliphatic heterocycles. The number of fused-ring (bicyclic) bond motifs is 9. The van der Waals surface area contributed by atoms with Gasteiger partial charge in [-0.05, 0) is 77.3 Å². The van der Waals surface area contributed by atoms with E-state index >= 15 is 0 Å². The Morgan fingerprint density at radius 3 is 1.76 bits per heavy atom. The summed E-state index contributed by atoms with van der Waals surface area (Å²) in [6, 6.07) is 36.0. The summed E-state index contributed by atoms with van der Waals surface area (Å²) in [5, 5.41) is 9.42. The largest absolute Gasteiger partial charge is 0.455 e. The minimum atomic E-state index is -0.473. The first-order valence-electron chi connectivity index (χ1n) is 18.5. The fourth-order valence-electron chi connectivity index (χ4n) is 7.26. The summed E-state index contributed by atoms with van der Waals surface area (Å²) in [6.45, 7) is 0. The van der Waals surface area contributed by atoms with Gasteiger partial charge in [0.15, 0.2) is 0 Å². The van der Waals surface area contributed by atoms with Gasteiger partial charge in [0.25, 0.3) is 0 Å². The summed E-state index contributed by atoms with van der Waals surface area (Å²) in [4.78, 5) is 0. The standard InChI is InChI=1S/C44H26O/c1-4-16-30-27(12-1)15-11-23-33(30)40-34-19-7-9-21-36(34)41(37-22-10-8-20-35(37)40)43-31-17-5-3-14-29(31)26-39-42(43)38-25-24-28-13-2-6-18-32(28)44(38)45-39/h1-26H/i1D,4D,11D,12D,15D,16D,23D. The van der Waals surface area contributed by atoms with Gasteiger partial charge < -0.3 is 4.42 Å². The van der Waals surface area contributed by atoms with Crippen molar-refractivity contribution in [1.82, 2.24) is 0 Å². The van der Waals surface area contributed by atoms with Crippen molar-refractivity contribution in [2.75, 3.05) is 0 Å². The third-order valence-electron chi connectivity index (χ3n) is 9.12. The van der Waals surface area contributed by atoms with E-state index < -0.39 is 30.2 Å². The average Bonchev–Trinajstić information content (AvgIpc) is 3.55. The number of benzene rings is 9. The molecule has 1 aromatic heterocycles. The molecule has 208 valence electrons. The van der Waals surface area contributed by atoms with Crippen molar-refractivity contribution in [3.8, 4) is 22.3 Å². The lowest BCUT2D eigenvalue weighted by Gasteiger charge is -2.20. The molecule has 0 spiro atoms. The Kier molecular flexibility index (Phi) is 3.86. The molecule has 9 aromatic carbocycles. The molecule has 0 amide bonds. The van der Waals surface area contributed by atoms with Gasteiger partial charge in [-0.2, -0.15) is 0 Å². The molecule has 0 unspecified atom stereocenters. The van der Waals surface area contributed by atoms with Crippen LogP contribution in [0, 0.1) is 0 Å². The lowest BCUT2D eigenvalue weighted by molar-refractivity contribution is 0.673. The summed E-state index contributed by atoms with van der Waals surface area (Å²) < 4.78 is 68.4. The number of furan rings is 1. The second-order valence-electron chi connectivity index (χ2n) is 11.5. The van der Waals surface area contributed by atoms with Crippen molar-refractivity contribution in [3.05, 3.63) is 158 Å². The van der Waals surface area contributed by atoms with E-state index in [0.29, 0.717) is 5.56 Å². The number of hydrogen-bond donors (Lipinski definition) is 0. The third kappa shape index (κ3) is 3.44. The van der Waals surface area contributed by atoms with Gasteiger partial charge in [-0.15, -0.1) is 0 Å². The minimum Gasteiger partial charge on any atom is -0.455 e. The lowest BCUT2D eigenvalue weighted by Crippen LogP contribution is -1.93. The smallest absolute Gasteiger partial charge is 0.143 e. The zero-order chi connectivity index (χ0) is 35.6. The van der Waals surface area contributed by atoms with Crippen LogP contribution in [0.4, 0.5) is 0 Å². The second kappa shape index (κ2) is 9.29. The molecule has 0 N–H and O–H groups in total.